The first kappa shape index (κ1) is 13.3. The minimum Gasteiger partial charge on any atom is -0.497 e. The lowest BCUT2D eigenvalue weighted by Gasteiger charge is -2.20. The van der Waals surface area contributed by atoms with Crippen molar-refractivity contribution in [3.8, 4) is 5.75 Å². The van der Waals surface area contributed by atoms with Gasteiger partial charge in [-0.3, -0.25) is 4.67 Å². The molecule has 0 N–H and O–H groups in total. The van der Waals surface area contributed by atoms with Gasteiger partial charge in [0.1, 0.15) is 5.75 Å². The van der Waals surface area contributed by atoms with Crippen LogP contribution in [0.4, 0.5) is 0 Å². The van der Waals surface area contributed by atoms with Crippen LogP contribution < -0.4 is 4.74 Å². The number of benzene rings is 1. The highest BCUT2D eigenvalue weighted by atomic mass is 35.9. The highest BCUT2D eigenvalue weighted by molar-refractivity contribution is 8.37. The number of ether oxygens (including phenoxy) is 1. The van der Waals surface area contributed by atoms with Crippen molar-refractivity contribution in [3.05, 3.63) is 29.8 Å². The van der Waals surface area contributed by atoms with Crippen LogP contribution in [0.1, 0.15) is 5.56 Å². The molecular weight excluding hydrogens is 272 g/mol. The Hall–Kier alpha value is 0.210. The van der Waals surface area contributed by atoms with E-state index >= 15 is 0 Å². The maximum absolute atomic E-state index is 5.88. The molecule has 15 heavy (non-hydrogen) atoms. The highest BCUT2D eigenvalue weighted by Crippen LogP contribution is 2.59. The van der Waals surface area contributed by atoms with E-state index in [1.54, 1.807) is 11.8 Å². The van der Waals surface area contributed by atoms with Crippen LogP contribution in [0, 0.1) is 0 Å². The summed E-state index contributed by atoms with van der Waals surface area (Å²) in [5.74, 6) is 0.831. The summed E-state index contributed by atoms with van der Waals surface area (Å²) in [4.78, 5) is -2.36. The molecule has 0 saturated carbocycles. The van der Waals surface area contributed by atoms with Crippen molar-refractivity contribution in [1.82, 2.24) is 4.67 Å². The van der Waals surface area contributed by atoms with Crippen LogP contribution >= 0.6 is 27.4 Å². The SMILES string of the molecule is COc1ccc(CN(C)P(=S)(Cl)Cl)cc1. The second-order valence-corrected chi connectivity index (χ2v) is 10.9. The predicted molar refractivity (Wildman–Crippen MR) is 70.5 cm³/mol. The van der Waals surface area contributed by atoms with Gasteiger partial charge in [0.15, 0.2) is 4.89 Å². The van der Waals surface area contributed by atoms with Gasteiger partial charge in [-0.25, -0.2) is 0 Å². The third kappa shape index (κ3) is 4.29. The molecule has 1 aromatic rings. The van der Waals surface area contributed by atoms with Crippen molar-refractivity contribution in [2.24, 2.45) is 0 Å². The Morgan fingerprint density at radius 2 is 1.87 bits per heavy atom. The summed E-state index contributed by atoms with van der Waals surface area (Å²) >= 11 is 16.8. The average molecular weight is 284 g/mol. The summed E-state index contributed by atoms with van der Waals surface area (Å²) in [6, 6.07) is 7.73. The van der Waals surface area contributed by atoms with Gasteiger partial charge >= 0.3 is 0 Å². The highest BCUT2D eigenvalue weighted by Gasteiger charge is 2.15. The summed E-state index contributed by atoms with van der Waals surface area (Å²) in [7, 11) is 3.46. The van der Waals surface area contributed by atoms with Crippen LogP contribution in [0.3, 0.4) is 0 Å². The first-order chi connectivity index (χ1) is 6.93. The molecule has 0 heterocycles. The Morgan fingerprint density at radius 3 is 2.27 bits per heavy atom. The molecule has 0 atom stereocenters. The van der Waals surface area contributed by atoms with Crippen molar-refractivity contribution < 1.29 is 4.74 Å². The molecule has 2 nitrogen and oxygen atoms in total. The van der Waals surface area contributed by atoms with E-state index in [0.717, 1.165) is 11.3 Å². The molecule has 0 unspecified atom stereocenters. The molecular formula is C9H12Cl2NOPS. The third-order valence-electron chi connectivity index (χ3n) is 1.97. The molecule has 0 aromatic heterocycles. The Morgan fingerprint density at radius 1 is 1.33 bits per heavy atom. The Labute approximate surface area is 105 Å². The van der Waals surface area contributed by atoms with Gasteiger partial charge in [-0.1, -0.05) is 34.6 Å². The van der Waals surface area contributed by atoms with Crippen molar-refractivity contribution in [3.63, 3.8) is 0 Å². The van der Waals surface area contributed by atoms with Crippen LogP contribution in [0.5, 0.6) is 5.75 Å². The summed E-state index contributed by atoms with van der Waals surface area (Å²) in [6.45, 7) is 0.647. The van der Waals surface area contributed by atoms with E-state index in [-0.39, 0.29) is 0 Å². The second kappa shape index (κ2) is 5.51. The van der Waals surface area contributed by atoms with Crippen molar-refractivity contribution in [2.75, 3.05) is 14.2 Å². The van der Waals surface area contributed by atoms with Crippen molar-refractivity contribution in [1.29, 1.82) is 0 Å². The fraction of sp³-hybridized carbons (Fsp3) is 0.333. The molecule has 0 amide bonds. The van der Waals surface area contributed by atoms with Gasteiger partial charge in [0, 0.05) is 6.54 Å². The van der Waals surface area contributed by atoms with Gasteiger partial charge in [0.2, 0.25) is 0 Å². The van der Waals surface area contributed by atoms with E-state index in [1.165, 1.54) is 0 Å². The minimum absolute atomic E-state index is 0.647. The molecule has 1 aromatic carbocycles. The molecule has 0 fully saturated rings. The van der Waals surface area contributed by atoms with Gasteiger partial charge in [-0.15, -0.1) is 0 Å². The van der Waals surface area contributed by atoms with Gasteiger partial charge in [-0.05, 0) is 36.6 Å². The lowest BCUT2D eigenvalue weighted by molar-refractivity contribution is 0.414. The molecule has 0 aliphatic carbocycles. The van der Waals surface area contributed by atoms with E-state index in [0.29, 0.717) is 6.54 Å². The molecule has 0 radical (unpaired) electrons. The smallest absolute Gasteiger partial charge is 0.183 e. The summed E-state index contributed by atoms with van der Waals surface area (Å²) < 4.78 is 6.85. The van der Waals surface area contributed by atoms with E-state index in [4.69, 9.17) is 39.0 Å². The van der Waals surface area contributed by atoms with Crippen LogP contribution in [0.15, 0.2) is 24.3 Å². The van der Waals surface area contributed by atoms with E-state index in [9.17, 15) is 0 Å². The summed E-state index contributed by atoms with van der Waals surface area (Å²) in [5.41, 5.74) is 1.11. The zero-order chi connectivity index (χ0) is 11.5. The first-order valence-electron chi connectivity index (χ1n) is 4.27. The summed E-state index contributed by atoms with van der Waals surface area (Å²) in [6.07, 6.45) is 0. The number of methoxy groups -OCH3 is 1. The van der Waals surface area contributed by atoms with Gasteiger partial charge in [0.05, 0.1) is 7.11 Å². The molecule has 84 valence electrons. The average Bonchev–Trinajstić information content (AvgIpc) is 2.17. The predicted octanol–water partition coefficient (Wildman–Crippen LogP) is 3.83. The maximum Gasteiger partial charge on any atom is 0.183 e. The lowest BCUT2D eigenvalue weighted by atomic mass is 10.2. The van der Waals surface area contributed by atoms with Gasteiger partial charge in [-0.2, -0.15) is 0 Å². The molecule has 0 aliphatic rings. The molecule has 1 rings (SSSR count). The minimum atomic E-state index is -2.36. The quantitative estimate of drug-likeness (QED) is 0.780. The normalized spacial score (nSPS) is 11.8. The fourth-order valence-electron chi connectivity index (χ4n) is 1.08. The number of rotatable bonds is 4. The molecule has 6 heteroatoms. The Balaban J connectivity index is 2.69. The Kier molecular flexibility index (Phi) is 4.88. The first-order valence-corrected chi connectivity index (χ1v) is 8.84. The largest absolute Gasteiger partial charge is 0.497 e. The maximum atomic E-state index is 5.88. The third-order valence-corrected chi connectivity index (χ3v) is 5.29. The number of nitrogens with zero attached hydrogens (tertiary/aromatic N) is 1. The standard InChI is InChI=1S/C9H12Cl2NOPS/c1-12(14(10,11)15)7-8-3-5-9(13-2)6-4-8/h3-6H,7H2,1-2H3. The number of hydrogen-bond acceptors (Lipinski definition) is 2. The van der Waals surface area contributed by atoms with Crippen LogP contribution in [0.25, 0.3) is 0 Å². The number of hydrogen-bond donors (Lipinski definition) is 0. The molecule has 0 aliphatic heterocycles. The monoisotopic (exact) mass is 283 g/mol. The molecule has 0 saturated heterocycles. The van der Waals surface area contributed by atoms with Crippen LogP contribution in [-0.2, 0) is 18.4 Å². The number of halogens is 2. The second-order valence-electron chi connectivity index (χ2n) is 3.10. The zero-order valence-electron chi connectivity index (χ0n) is 8.48. The fourth-order valence-corrected chi connectivity index (χ4v) is 1.90. The summed E-state index contributed by atoms with van der Waals surface area (Å²) in [5, 5.41) is 0. The Bertz CT molecular complexity index is 365. The van der Waals surface area contributed by atoms with Gasteiger partial charge < -0.3 is 4.74 Å². The molecule has 0 spiro atoms. The van der Waals surface area contributed by atoms with Gasteiger partial charge in [0.25, 0.3) is 0 Å². The van der Waals surface area contributed by atoms with E-state index in [2.05, 4.69) is 0 Å². The van der Waals surface area contributed by atoms with Crippen LogP contribution in [0.2, 0.25) is 0 Å². The van der Waals surface area contributed by atoms with E-state index < -0.39 is 4.89 Å². The van der Waals surface area contributed by atoms with Crippen molar-refractivity contribution in [2.45, 2.75) is 6.54 Å². The molecule has 0 bridgehead atoms. The van der Waals surface area contributed by atoms with Crippen molar-refractivity contribution >= 4 is 39.2 Å². The topological polar surface area (TPSA) is 12.5 Å². The zero-order valence-corrected chi connectivity index (χ0v) is 11.7. The lowest BCUT2D eigenvalue weighted by Crippen LogP contribution is -2.09. The van der Waals surface area contributed by atoms with E-state index in [1.807, 2.05) is 31.3 Å². The van der Waals surface area contributed by atoms with Crippen LogP contribution in [-0.4, -0.2) is 18.8 Å².